The Kier molecular flexibility index (Phi) is 5.98. The maximum atomic E-state index is 14.2. The number of hydrogen-bond donors (Lipinski definition) is 1. The molecule has 2 aromatic rings. The van der Waals surface area contributed by atoms with E-state index in [-0.39, 0.29) is 18.0 Å². The van der Waals surface area contributed by atoms with Gasteiger partial charge in [0, 0.05) is 5.56 Å². The van der Waals surface area contributed by atoms with E-state index >= 15 is 0 Å². The maximum absolute atomic E-state index is 14.2. The fraction of sp³-hybridized carbons (Fsp3) is 0.316. The number of hydrogen-bond acceptors (Lipinski definition) is 4. The van der Waals surface area contributed by atoms with Gasteiger partial charge in [-0.15, -0.1) is 0 Å². The normalized spacial score (nSPS) is 10.5. The topological polar surface area (TPSA) is 59.0 Å². The summed E-state index contributed by atoms with van der Waals surface area (Å²) >= 11 is 0. The van der Waals surface area contributed by atoms with E-state index in [1.54, 1.807) is 18.2 Å². The first-order chi connectivity index (χ1) is 11.9. The van der Waals surface area contributed by atoms with Gasteiger partial charge in [0.05, 0.1) is 12.8 Å². The van der Waals surface area contributed by atoms with Crippen LogP contribution in [0.4, 0.5) is 14.9 Å². The molecule has 2 rings (SSSR count). The van der Waals surface area contributed by atoms with Gasteiger partial charge in [-0.3, -0.25) is 5.21 Å². The Morgan fingerprint density at radius 1 is 1.24 bits per heavy atom. The van der Waals surface area contributed by atoms with Gasteiger partial charge >= 0.3 is 6.09 Å². The molecular formula is C19H22FNO4. The van der Waals surface area contributed by atoms with Crippen molar-refractivity contribution in [2.24, 2.45) is 0 Å². The molecule has 5 nitrogen and oxygen atoms in total. The number of benzene rings is 2. The van der Waals surface area contributed by atoms with Gasteiger partial charge in [-0.25, -0.2) is 9.18 Å². The summed E-state index contributed by atoms with van der Waals surface area (Å²) < 4.78 is 24.3. The molecule has 0 aliphatic heterocycles. The zero-order valence-corrected chi connectivity index (χ0v) is 14.8. The SMILES string of the molecule is CCc1cc(F)c(OCc2c(C)cccc2N(O)C(=O)OC)cc1C. The van der Waals surface area contributed by atoms with Crippen molar-refractivity contribution in [1.29, 1.82) is 0 Å². The van der Waals surface area contributed by atoms with Crippen molar-refractivity contribution >= 4 is 11.8 Å². The summed E-state index contributed by atoms with van der Waals surface area (Å²) in [4.78, 5) is 11.6. The van der Waals surface area contributed by atoms with Crippen molar-refractivity contribution in [3.63, 3.8) is 0 Å². The first kappa shape index (κ1) is 18.7. The van der Waals surface area contributed by atoms with Crippen LogP contribution in [0.3, 0.4) is 0 Å². The van der Waals surface area contributed by atoms with Crippen LogP contribution in [0.2, 0.25) is 0 Å². The van der Waals surface area contributed by atoms with Crippen LogP contribution < -0.4 is 9.80 Å². The number of halogens is 1. The number of carbonyl (C=O) groups is 1. The Morgan fingerprint density at radius 3 is 2.60 bits per heavy atom. The number of rotatable bonds is 5. The maximum Gasteiger partial charge on any atom is 0.438 e. The Hall–Kier alpha value is -2.60. The molecule has 0 saturated heterocycles. The molecule has 0 aliphatic rings. The van der Waals surface area contributed by atoms with Gasteiger partial charge in [0.15, 0.2) is 11.6 Å². The van der Waals surface area contributed by atoms with E-state index in [1.807, 2.05) is 26.8 Å². The van der Waals surface area contributed by atoms with E-state index < -0.39 is 11.9 Å². The summed E-state index contributed by atoms with van der Waals surface area (Å²) in [6, 6.07) is 8.19. The third kappa shape index (κ3) is 4.09. The number of anilines is 1. The van der Waals surface area contributed by atoms with E-state index in [9.17, 15) is 14.4 Å². The van der Waals surface area contributed by atoms with Gasteiger partial charge in [0.25, 0.3) is 0 Å². The van der Waals surface area contributed by atoms with Gasteiger partial charge < -0.3 is 9.47 Å². The number of nitrogens with zero attached hydrogens (tertiary/aromatic N) is 1. The fourth-order valence-electron chi connectivity index (χ4n) is 2.60. The highest BCUT2D eigenvalue weighted by atomic mass is 19.1. The molecule has 0 atom stereocenters. The number of ether oxygens (including phenoxy) is 2. The largest absolute Gasteiger partial charge is 0.486 e. The van der Waals surface area contributed by atoms with Crippen LogP contribution in [0, 0.1) is 19.7 Å². The lowest BCUT2D eigenvalue weighted by Gasteiger charge is -2.19. The standard InChI is InChI=1S/C19H22FNO4/c1-5-14-10-16(20)18(9-13(14)3)25-11-15-12(2)7-6-8-17(15)21(23)19(22)24-4/h6-10,23H,5,11H2,1-4H3. The molecule has 0 aliphatic carbocycles. The fourth-order valence-corrected chi connectivity index (χ4v) is 2.60. The summed E-state index contributed by atoms with van der Waals surface area (Å²) in [7, 11) is 1.17. The number of carbonyl (C=O) groups excluding carboxylic acids is 1. The molecule has 0 unspecified atom stereocenters. The molecule has 0 aromatic heterocycles. The second-order valence-corrected chi connectivity index (χ2v) is 5.71. The molecule has 0 heterocycles. The zero-order valence-electron chi connectivity index (χ0n) is 14.8. The van der Waals surface area contributed by atoms with Crippen molar-refractivity contribution in [1.82, 2.24) is 0 Å². The van der Waals surface area contributed by atoms with E-state index in [2.05, 4.69) is 4.74 Å². The third-order valence-corrected chi connectivity index (χ3v) is 4.10. The van der Waals surface area contributed by atoms with Crippen LogP contribution in [0.5, 0.6) is 5.75 Å². The number of hydroxylamine groups is 1. The summed E-state index contributed by atoms with van der Waals surface area (Å²) in [5.41, 5.74) is 3.46. The smallest absolute Gasteiger partial charge is 0.438 e. The number of methoxy groups -OCH3 is 1. The molecule has 1 amide bonds. The lowest BCUT2D eigenvalue weighted by atomic mass is 10.1. The van der Waals surface area contributed by atoms with Gasteiger partial charge in [-0.1, -0.05) is 19.1 Å². The van der Waals surface area contributed by atoms with Gasteiger partial charge in [-0.05, 0) is 55.2 Å². The Balaban J connectivity index is 2.30. The van der Waals surface area contributed by atoms with E-state index in [4.69, 9.17) is 4.74 Å². The summed E-state index contributed by atoms with van der Waals surface area (Å²) in [5, 5.41) is 10.4. The highest BCUT2D eigenvalue weighted by molar-refractivity contribution is 5.86. The average Bonchev–Trinajstić information content (AvgIpc) is 2.61. The monoisotopic (exact) mass is 347 g/mol. The lowest BCUT2D eigenvalue weighted by molar-refractivity contribution is 0.140. The number of aryl methyl sites for hydroxylation is 3. The zero-order chi connectivity index (χ0) is 18.6. The quantitative estimate of drug-likeness (QED) is 0.637. The first-order valence-corrected chi connectivity index (χ1v) is 7.96. The second-order valence-electron chi connectivity index (χ2n) is 5.71. The van der Waals surface area contributed by atoms with E-state index in [0.717, 1.165) is 23.1 Å². The van der Waals surface area contributed by atoms with Crippen LogP contribution in [-0.2, 0) is 17.8 Å². The third-order valence-electron chi connectivity index (χ3n) is 4.10. The average molecular weight is 347 g/mol. The van der Waals surface area contributed by atoms with Crippen LogP contribution in [-0.4, -0.2) is 18.4 Å². The molecule has 0 spiro atoms. The van der Waals surface area contributed by atoms with Crippen LogP contribution in [0.1, 0.15) is 29.2 Å². The summed E-state index contributed by atoms with van der Waals surface area (Å²) in [6.45, 7) is 5.68. The van der Waals surface area contributed by atoms with Gasteiger partial charge in [0.2, 0.25) is 0 Å². The molecule has 6 heteroatoms. The van der Waals surface area contributed by atoms with Gasteiger partial charge in [0.1, 0.15) is 6.61 Å². The predicted molar refractivity (Wildman–Crippen MR) is 92.7 cm³/mol. The number of amides is 1. The molecular weight excluding hydrogens is 325 g/mol. The van der Waals surface area contributed by atoms with Crippen molar-refractivity contribution in [3.05, 3.63) is 58.4 Å². The highest BCUT2D eigenvalue weighted by Crippen LogP contribution is 2.27. The molecule has 134 valence electrons. The Bertz CT molecular complexity index is 776. The summed E-state index contributed by atoms with van der Waals surface area (Å²) in [6.07, 6.45) is -0.176. The molecule has 0 radical (unpaired) electrons. The van der Waals surface area contributed by atoms with E-state index in [0.29, 0.717) is 10.6 Å². The molecule has 0 bridgehead atoms. The van der Waals surface area contributed by atoms with Crippen molar-refractivity contribution < 1.29 is 23.9 Å². The lowest BCUT2D eigenvalue weighted by Crippen LogP contribution is -2.28. The van der Waals surface area contributed by atoms with Crippen LogP contribution in [0.25, 0.3) is 0 Å². The molecule has 0 saturated carbocycles. The first-order valence-electron chi connectivity index (χ1n) is 7.96. The van der Waals surface area contributed by atoms with Crippen LogP contribution >= 0.6 is 0 Å². The van der Waals surface area contributed by atoms with Crippen molar-refractivity contribution in [2.45, 2.75) is 33.8 Å². The predicted octanol–water partition coefficient (Wildman–Crippen LogP) is 4.55. The Labute approximate surface area is 146 Å². The van der Waals surface area contributed by atoms with Gasteiger partial charge in [-0.2, -0.15) is 5.06 Å². The molecule has 0 fully saturated rings. The minimum atomic E-state index is -0.916. The molecule has 1 N–H and O–H groups in total. The Morgan fingerprint density at radius 2 is 1.96 bits per heavy atom. The summed E-state index contributed by atoms with van der Waals surface area (Å²) in [5.74, 6) is -0.308. The second kappa shape index (κ2) is 7.98. The van der Waals surface area contributed by atoms with Crippen molar-refractivity contribution in [3.8, 4) is 5.75 Å². The minimum absolute atomic E-state index is 0.00209. The van der Waals surface area contributed by atoms with Crippen molar-refractivity contribution in [2.75, 3.05) is 12.2 Å². The minimum Gasteiger partial charge on any atom is -0.486 e. The van der Waals surface area contributed by atoms with Crippen LogP contribution in [0.15, 0.2) is 30.3 Å². The van der Waals surface area contributed by atoms with E-state index in [1.165, 1.54) is 13.2 Å². The molecule has 2 aromatic carbocycles. The highest BCUT2D eigenvalue weighted by Gasteiger charge is 2.19. The molecule has 25 heavy (non-hydrogen) atoms.